The molecule has 7 heteroatoms. The van der Waals surface area contributed by atoms with E-state index in [0.29, 0.717) is 5.56 Å². The molecular weight excluding hydrogens is 270 g/mol. The maximum Gasteiger partial charge on any atom is 0.586 e. The van der Waals surface area contributed by atoms with Gasteiger partial charge in [0, 0.05) is 25.1 Å². The van der Waals surface area contributed by atoms with Crippen LogP contribution in [0.5, 0.6) is 11.5 Å². The first kappa shape index (κ1) is 13.1. The van der Waals surface area contributed by atoms with Gasteiger partial charge in [-0.1, -0.05) is 12.1 Å². The zero-order chi connectivity index (χ0) is 14.3. The molecule has 1 N–H and O–H groups in total. The van der Waals surface area contributed by atoms with E-state index < -0.39 is 6.29 Å². The summed E-state index contributed by atoms with van der Waals surface area (Å²) in [6.07, 6.45) is -1.81. The molecule has 20 heavy (non-hydrogen) atoms. The van der Waals surface area contributed by atoms with Gasteiger partial charge in [0.2, 0.25) is 5.91 Å². The molecule has 2 aliphatic rings. The van der Waals surface area contributed by atoms with Crippen LogP contribution in [0, 0.1) is 5.92 Å². The smallest absolute Gasteiger partial charge is 0.395 e. The summed E-state index contributed by atoms with van der Waals surface area (Å²) >= 11 is 0. The van der Waals surface area contributed by atoms with Crippen LogP contribution in [0.25, 0.3) is 0 Å². The molecule has 0 atom stereocenters. The number of alkyl halides is 2. The summed E-state index contributed by atoms with van der Waals surface area (Å²) < 4.78 is 34.9. The number of amides is 1. The van der Waals surface area contributed by atoms with E-state index in [1.165, 1.54) is 11.1 Å². The average molecular weight is 284 g/mol. The van der Waals surface area contributed by atoms with Crippen molar-refractivity contribution in [3.63, 3.8) is 0 Å². The van der Waals surface area contributed by atoms with Gasteiger partial charge in [-0.3, -0.25) is 9.80 Å². The molecule has 1 aromatic carbocycles. The number of benzene rings is 1. The summed E-state index contributed by atoms with van der Waals surface area (Å²) in [4.78, 5) is 11.8. The summed E-state index contributed by atoms with van der Waals surface area (Å²) in [5.41, 5.74) is 3.39. The zero-order valence-corrected chi connectivity index (χ0v) is 10.9. The number of hydrogen-bond donors (Lipinski definition) is 1. The number of nitrogens with one attached hydrogen (secondary N) is 1. The first-order valence-corrected chi connectivity index (χ1v) is 6.35. The minimum absolute atomic E-state index is 0.00507. The van der Waals surface area contributed by atoms with Crippen LogP contribution in [-0.2, 0) is 11.3 Å². The quantitative estimate of drug-likeness (QED) is 0.858. The molecule has 1 saturated carbocycles. The molecule has 0 spiro atoms. The molecule has 0 saturated heterocycles. The van der Waals surface area contributed by atoms with Crippen molar-refractivity contribution in [1.29, 1.82) is 0 Å². The van der Waals surface area contributed by atoms with Crippen LogP contribution in [-0.4, -0.2) is 24.3 Å². The third kappa shape index (κ3) is 2.53. The Balaban J connectivity index is 1.67. The van der Waals surface area contributed by atoms with Gasteiger partial charge in [-0.05, 0) is 18.9 Å². The third-order valence-corrected chi connectivity index (χ3v) is 3.27. The molecule has 0 bridgehead atoms. The molecule has 1 aromatic rings. The molecule has 0 radical (unpaired) electrons. The van der Waals surface area contributed by atoms with Crippen LogP contribution in [0.15, 0.2) is 18.2 Å². The number of ether oxygens (including phenoxy) is 2. The lowest BCUT2D eigenvalue weighted by Gasteiger charge is -2.18. The van der Waals surface area contributed by atoms with Crippen LogP contribution in [0.4, 0.5) is 8.78 Å². The van der Waals surface area contributed by atoms with Crippen molar-refractivity contribution in [2.75, 3.05) is 7.05 Å². The van der Waals surface area contributed by atoms with E-state index in [1.807, 2.05) is 0 Å². The molecule has 1 aliphatic carbocycles. The summed E-state index contributed by atoms with van der Waals surface area (Å²) in [7, 11) is 1.62. The Morgan fingerprint density at radius 2 is 2.20 bits per heavy atom. The highest BCUT2D eigenvalue weighted by Gasteiger charge is 2.44. The van der Waals surface area contributed by atoms with Crippen molar-refractivity contribution in [3.8, 4) is 11.5 Å². The second-order valence-electron chi connectivity index (χ2n) is 4.92. The van der Waals surface area contributed by atoms with Crippen LogP contribution < -0.4 is 14.9 Å². The Labute approximate surface area is 114 Å². The molecule has 1 aliphatic heterocycles. The summed E-state index contributed by atoms with van der Waals surface area (Å²) in [6, 6.07) is 4.66. The van der Waals surface area contributed by atoms with E-state index in [9.17, 15) is 13.6 Å². The number of fused-ring (bicyclic) bond motifs is 1. The summed E-state index contributed by atoms with van der Waals surface area (Å²) in [5.74, 6) is 0.126. The highest BCUT2D eigenvalue weighted by atomic mass is 19.3. The topological polar surface area (TPSA) is 50.8 Å². The number of carbonyl (C=O) groups is 1. The van der Waals surface area contributed by atoms with Crippen molar-refractivity contribution in [2.45, 2.75) is 25.7 Å². The number of halogens is 2. The van der Waals surface area contributed by atoms with Crippen molar-refractivity contribution in [2.24, 2.45) is 5.92 Å². The SMILES string of the molecule is CN(NCc1cccc2c1OC(F)(F)O2)C(=O)C1CC1. The Bertz CT molecular complexity index is 546. The van der Waals surface area contributed by atoms with E-state index in [0.717, 1.165) is 12.8 Å². The third-order valence-electron chi connectivity index (χ3n) is 3.27. The van der Waals surface area contributed by atoms with E-state index in [1.54, 1.807) is 19.2 Å². The first-order valence-electron chi connectivity index (χ1n) is 6.35. The number of rotatable bonds is 4. The van der Waals surface area contributed by atoms with Gasteiger partial charge in [0.15, 0.2) is 11.5 Å². The van der Waals surface area contributed by atoms with Crippen LogP contribution in [0.1, 0.15) is 18.4 Å². The maximum atomic E-state index is 13.0. The predicted molar refractivity (Wildman–Crippen MR) is 65.0 cm³/mol. The molecule has 0 unspecified atom stereocenters. The molecule has 5 nitrogen and oxygen atoms in total. The molecule has 1 fully saturated rings. The van der Waals surface area contributed by atoms with Crippen molar-refractivity contribution >= 4 is 5.91 Å². The van der Waals surface area contributed by atoms with Crippen molar-refractivity contribution in [3.05, 3.63) is 23.8 Å². The monoisotopic (exact) mass is 284 g/mol. The lowest BCUT2D eigenvalue weighted by molar-refractivity contribution is -0.287. The van der Waals surface area contributed by atoms with Crippen LogP contribution in [0.2, 0.25) is 0 Å². The fourth-order valence-corrected chi connectivity index (χ4v) is 2.05. The van der Waals surface area contributed by atoms with Gasteiger partial charge in [-0.15, -0.1) is 8.78 Å². The van der Waals surface area contributed by atoms with Crippen molar-refractivity contribution in [1.82, 2.24) is 10.4 Å². The van der Waals surface area contributed by atoms with Gasteiger partial charge in [0.05, 0.1) is 0 Å². The maximum absolute atomic E-state index is 13.0. The van der Waals surface area contributed by atoms with E-state index >= 15 is 0 Å². The number of hydrazine groups is 1. The summed E-state index contributed by atoms with van der Waals surface area (Å²) in [6.45, 7) is 0.206. The number of para-hydroxylation sites is 1. The second kappa shape index (κ2) is 4.59. The zero-order valence-electron chi connectivity index (χ0n) is 10.9. The predicted octanol–water partition coefficient (Wildman–Crippen LogP) is 1.88. The van der Waals surface area contributed by atoms with E-state index in [2.05, 4.69) is 14.9 Å². The first-order chi connectivity index (χ1) is 9.46. The number of carbonyl (C=O) groups excluding carboxylic acids is 1. The van der Waals surface area contributed by atoms with Gasteiger partial charge in [0.1, 0.15) is 0 Å². The van der Waals surface area contributed by atoms with Gasteiger partial charge in [-0.25, -0.2) is 5.43 Å². The van der Waals surface area contributed by atoms with Gasteiger partial charge in [0.25, 0.3) is 0 Å². The summed E-state index contributed by atoms with van der Waals surface area (Å²) in [5, 5.41) is 1.39. The minimum atomic E-state index is -3.63. The lowest BCUT2D eigenvalue weighted by Crippen LogP contribution is -2.40. The highest BCUT2D eigenvalue weighted by molar-refractivity contribution is 5.80. The van der Waals surface area contributed by atoms with E-state index in [-0.39, 0.29) is 29.9 Å². The Hall–Kier alpha value is -1.89. The fourth-order valence-electron chi connectivity index (χ4n) is 2.05. The average Bonchev–Trinajstić information content (AvgIpc) is 3.17. The normalized spacial score (nSPS) is 18.9. The molecule has 0 aromatic heterocycles. The minimum Gasteiger partial charge on any atom is -0.395 e. The molecule has 1 heterocycles. The molecule has 3 rings (SSSR count). The number of hydrogen-bond acceptors (Lipinski definition) is 4. The standard InChI is InChI=1S/C13H14F2N2O3/c1-17(12(18)8-5-6-8)16-7-9-3-2-4-10-11(9)20-13(14,15)19-10/h2-4,8,16H,5-7H2,1H3. The lowest BCUT2D eigenvalue weighted by atomic mass is 10.2. The van der Waals surface area contributed by atoms with Crippen molar-refractivity contribution < 1.29 is 23.0 Å². The molecule has 108 valence electrons. The van der Waals surface area contributed by atoms with Gasteiger partial charge < -0.3 is 9.47 Å². The highest BCUT2D eigenvalue weighted by Crippen LogP contribution is 2.43. The largest absolute Gasteiger partial charge is 0.586 e. The van der Waals surface area contributed by atoms with Crippen LogP contribution in [0.3, 0.4) is 0 Å². The van der Waals surface area contributed by atoms with Gasteiger partial charge in [-0.2, -0.15) is 0 Å². The van der Waals surface area contributed by atoms with Gasteiger partial charge >= 0.3 is 6.29 Å². The number of nitrogens with zero attached hydrogens (tertiary/aromatic N) is 1. The Morgan fingerprint density at radius 1 is 1.45 bits per heavy atom. The Morgan fingerprint density at radius 3 is 2.90 bits per heavy atom. The second-order valence-corrected chi connectivity index (χ2v) is 4.92. The van der Waals surface area contributed by atoms with Crippen LogP contribution >= 0.6 is 0 Å². The molecular formula is C13H14F2N2O3. The fraction of sp³-hybridized carbons (Fsp3) is 0.462. The van der Waals surface area contributed by atoms with E-state index in [4.69, 9.17) is 0 Å². The Kier molecular flexibility index (Phi) is 3.01. The molecule has 1 amide bonds.